The van der Waals surface area contributed by atoms with Crippen molar-refractivity contribution in [3.63, 3.8) is 0 Å². The monoisotopic (exact) mass is 504 g/mol. The highest BCUT2D eigenvalue weighted by Gasteiger charge is 2.27. The van der Waals surface area contributed by atoms with Crippen molar-refractivity contribution in [2.45, 2.75) is 71.3 Å². The van der Waals surface area contributed by atoms with Gasteiger partial charge in [-0.3, -0.25) is 9.69 Å². The fourth-order valence-corrected chi connectivity index (χ4v) is 5.70. The van der Waals surface area contributed by atoms with Crippen LogP contribution in [0.5, 0.6) is 5.19 Å². The van der Waals surface area contributed by atoms with Gasteiger partial charge in [0.1, 0.15) is 5.82 Å². The zero-order chi connectivity index (χ0) is 24.8. The Labute approximate surface area is 209 Å². The first-order valence-electron chi connectivity index (χ1n) is 12.4. The Bertz CT molecular complexity index is 1010. The molecule has 9 heteroatoms. The summed E-state index contributed by atoms with van der Waals surface area (Å²) in [5.74, 6) is -0.784. The highest BCUT2D eigenvalue weighted by Crippen LogP contribution is 2.34. The summed E-state index contributed by atoms with van der Waals surface area (Å²) in [5.41, 5.74) is 1.82. The zero-order valence-corrected chi connectivity index (χ0v) is 21.3. The normalized spacial score (nSPS) is 21.3. The van der Waals surface area contributed by atoms with Crippen LogP contribution in [-0.2, 0) is 17.8 Å². The van der Waals surface area contributed by atoms with Crippen molar-refractivity contribution in [1.29, 1.82) is 0 Å². The number of alkyl halides is 2. The molecule has 1 fully saturated rings. The van der Waals surface area contributed by atoms with E-state index < -0.39 is 12.5 Å². The van der Waals surface area contributed by atoms with E-state index in [0.717, 1.165) is 74.2 Å². The van der Waals surface area contributed by atoms with E-state index in [1.54, 1.807) is 24.5 Å². The first kappa shape index (κ1) is 25.8. The minimum absolute atomic E-state index is 0.174. The van der Waals surface area contributed by atoms with Crippen molar-refractivity contribution < 1.29 is 18.3 Å². The first-order chi connectivity index (χ1) is 16.7. The van der Waals surface area contributed by atoms with Gasteiger partial charge in [-0.05, 0) is 63.1 Å². The van der Waals surface area contributed by atoms with Crippen LogP contribution in [0.2, 0.25) is 0 Å². The topological polar surface area (TPSA) is 68.2 Å². The van der Waals surface area contributed by atoms with Gasteiger partial charge in [0.2, 0.25) is 0 Å². The molecule has 0 saturated heterocycles. The summed E-state index contributed by atoms with van der Waals surface area (Å²) < 4.78 is 31.3. The number of hydrogen-bond donors (Lipinski definition) is 0. The lowest BCUT2D eigenvalue weighted by atomic mass is 9.78. The summed E-state index contributed by atoms with van der Waals surface area (Å²) >= 11 is 1.40. The number of rotatable bonds is 10. The molecule has 190 valence electrons. The van der Waals surface area contributed by atoms with E-state index in [9.17, 15) is 13.6 Å². The van der Waals surface area contributed by atoms with Crippen molar-refractivity contribution in [1.82, 2.24) is 19.9 Å². The molecule has 2 aliphatic rings. The minimum atomic E-state index is -2.85. The van der Waals surface area contributed by atoms with Crippen LogP contribution in [0, 0.1) is 18.8 Å². The molecule has 1 saturated carbocycles. The zero-order valence-electron chi connectivity index (χ0n) is 20.5. The quantitative estimate of drug-likeness (QED) is 0.398. The molecule has 1 aliphatic heterocycles. The lowest BCUT2D eigenvalue weighted by Gasteiger charge is -2.31. The number of nitrogens with zero attached hydrogens (tertiary/aromatic N) is 4. The highest BCUT2D eigenvalue weighted by molar-refractivity contribution is 7.13. The van der Waals surface area contributed by atoms with E-state index in [0.29, 0.717) is 23.5 Å². The molecule has 2 aromatic rings. The maximum atomic E-state index is 13.0. The number of aromatic nitrogens is 3. The molecule has 0 spiro atoms. The Morgan fingerprint density at radius 1 is 1.23 bits per heavy atom. The molecule has 0 atom stereocenters. The number of ketones is 1. The Balaban J connectivity index is 1.15. The van der Waals surface area contributed by atoms with Gasteiger partial charge in [-0.15, -0.1) is 0 Å². The Morgan fingerprint density at radius 3 is 2.66 bits per heavy atom. The third-order valence-electron chi connectivity index (χ3n) is 6.81. The fourth-order valence-electron chi connectivity index (χ4n) is 4.79. The second-order valence-electron chi connectivity index (χ2n) is 9.98. The Hall–Kier alpha value is -2.26. The van der Waals surface area contributed by atoms with Gasteiger partial charge < -0.3 is 4.74 Å². The second kappa shape index (κ2) is 11.6. The number of halogens is 2. The number of carbonyl (C=O) groups is 1. The van der Waals surface area contributed by atoms with Crippen molar-refractivity contribution in [2.75, 3.05) is 19.7 Å². The summed E-state index contributed by atoms with van der Waals surface area (Å²) in [6, 6.07) is 0. The maximum absolute atomic E-state index is 13.0. The number of ether oxygens (including phenoxy) is 1. The van der Waals surface area contributed by atoms with Gasteiger partial charge >= 0.3 is 0 Å². The number of fused-ring (bicyclic) bond motifs is 1. The van der Waals surface area contributed by atoms with Crippen LogP contribution in [0.4, 0.5) is 8.78 Å². The lowest BCUT2D eigenvalue weighted by molar-refractivity contribution is -0.115. The molecule has 4 rings (SSSR count). The largest absolute Gasteiger partial charge is 0.464 e. The van der Waals surface area contributed by atoms with Crippen LogP contribution in [0.25, 0.3) is 6.08 Å². The maximum Gasteiger partial charge on any atom is 0.278 e. The molecule has 0 amide bonds. The van der Waals surface area contributed by atoms with Gasteiger partial charge in [0, 0.05) is 49.3 Å². The SMILES string of the molecule is Cc1ncc(/C=C/C(=O)CC2CCC(CCN3CCc4sc(OCC(C)(F)F)nc4C3)CC2)cn1. The molecule has 2 aromatic heterocycles. The smallest absolute Gasteiger partial charge is 0.278 e. The predicted octanol–water partition coefficient (Wildman–Crippen LogP) is 5.50. The van der Waals surface area contributed by atoms with Gasteiger partial charge in [0.05, 0.1) is 5.69 Å². The van der Waals surface area contributed by atoms with E-state index in [1.807, 2.05) is 6.92 Å². The van der Waals surface area contributed by atoms with Crippen molar-refractivity contribution in [2.24, 2.45) is 11.8 Å². The summed E-state index contributed by atoms with van der Waals surface area (Å²) in [4.78, 5) is 28.7. The minimum Gasteiger partial charge on any atom is -0.464 e. The van der Waals surface area contributed by atoms with Gasteiger partial charge in [-0.1, -0.05) is 24.2 Å². The summed E-state index contributed by atoms with van der Waals surface area (Å²) in [6.45, 7) is 4.82. The summed E-state index contributed by atoms with van der Waals surface area (Å²) in [6.07, 6.45) is 14.1. The number of aryl methyl sites for hydroxylation is 1. The lowest BCUT2D eigenvalue weighted by Crippen LogP contribution is -2.32. The second-order valence-corrected chi connectivity index (χ2v) is 11.0. The van der Waals surface area contributed by atoms with Gasteiger partial charge in [0.15, 0.2) is 12.4 Å². The van der Waals surface area contributed by atoms with Crippen LogP contribution in [0.3, 0.4) is 0 Å². The van der Waals surface area contributed by atoms with Crippen molar-refractivity contribution in [3.8, 4) is 5.19 Å². The molecule has 1 aliphatic carbocycles. The van der Waals surface area contributed by atoms with E-state index >= 15 is 0 Å². The van der Waals surface area contributed by atoms with Crippen LogP contribution in [0.1, 0.15) is 67.4 Å². The number of allylic oxidation sites excluding steroid dienone is 1. The molecular formula is C26H34F2N4O2S. The van der Waals surface area contributed by atoms with Crippen LogP contribution in [-0.4, -0.2) is 51.3 Å². The third-order valence-corrected chi connectivity index (χ3v) is 7.88. The number of hydrogen-bond acceptors (Lipinski definition) is 7. The average Bonchev–Trinajstić information content (AvgIpc) is 3.24. The van der Waals surface area contributed by atoms with Gasteiger partial charge in [-0.25, -0.2) is 23.7 Å². The standard InChI is InChI=1S/C26H34F2N4O2S/c1-18-29-14-21(15-30-18)7-8-22(33)13-20-5-3-19(4-6-20)9-11-32-12-10-24-23(16-32)31-25(35-24)34-17-26(2,27)28/h7-8,14-15,19-20H,3-6,9-13,16-17H2,1-2H3/b8-7+. The molecule has 0 unspecified atom stereocenters. The molecule has 0 bridgehead atoms. The molecule has 35 heavy (non-hydrogen) atoms. The summed E-state index contributed by atoms with van der Waals surface area (Å²) in [7, 11) is 0. The molecule has 3 heterocycles. The van der Waals surface area contributed by atoms with E-state index in [-0.39, 0.29) is 5.78 Å². The first-order valence-corrected chi connectivity index (χ1v) is 13.3. The van der Waals surface area contributed by atoms with Crippen molar-refractivity contribution in [3.05, 3.63) is 40.4 Å². The predicted molar refractivity (Wildman–Crippen MR) is 133 cm³/mol. The van der Waals surface area contributed by atoms with E-state index in [4.69, 9.17) is 4.74 Å². The van der Waals surface area contributed by atoms with Crippen molar-refractivity contribution >= 4 is 23.2 Å². The van der Waals surface area contributed by atoms with E-state index in [2.05, 4.69) is 19.9 Å². The number of thiazole rings is 1. The third kappa shape index (κ3) is 8.14. The molecule has 0 aromatic carbocycles. The fraction of sp³-hybridized carbons (Fsp3) is 0.615. The van der Waals surface area contributed by atoms with Crippen LogP contribution in [0.15, 0.2) is 18.5 Å². The average molecular weight is 505 g/mol. The summed E-state index contributed by atoms with van der Waals surface area (Å²) in [5, 5.41) is 0.355. The molecule has 6 nitrogen and oxygen atoms in total. The van der Waals surface area contributed by atoms with Gasteiger partial charge in [0.25, 0.3) is 11.1 Å². The Kier molecular flexibility index (Phi) is 8.59. The molecular weight excluding hydrogens is 470 g/mol. The van der Waals surface area contributed by atoms with Crippen LogP contribution >= 0.6 is 11.3 Å². The number of carbonyl (C=O) groups excluding carboxylic acids is 1. The molecule has 0 N–H and O–H groups in total. The highest BCUT2D eigenvalue weighted by atomic mass is 32.1. The van der Waals surface area contributed by atoms with Crippen LogP contribution < -0.4 is 4.74 Å². The molecule has 0 radical (unpaired) electrons. The van der Waals surface area contributed by atoms with E-state index in [1.165, 1.54) is 24.2 Å². The van der Waals surface area contributed by atoms with Gasteiger partial charge in [-0.2, -0.15) is 0 Å². The Morgan fingerprint density at radius 2 is 1.94 bits per heavy atom.